The largest absolute Gasteiger partial charge is 0.380 e. The van der Waals surface area contributed by atoms with Crippen molar-refractivity contribution >= 4 is 28.7 Å². The Balaban J connectivity index is 1.51. The predicted octanol–water partition coefficient (Wildman–Crippen LogP) is 9.18. The molecule has 0 aliphatic rings. The molecule has 212 valence electrons. The van der Waals surface area contributed by atoms with Crippen molar-refractivity contribution in [2.45, 2.75) is 19.8 Å². The summed E-state index contributed by atoms with van der Waals surface area (Å²) in [7, 11) is 5.16. The summed E-state index contributed by atoms with van der Waals surface area (Å²) in [6.45, 7) is 1.78. The second-order valence-electron chi connectivity index (χ2n) is 10.2. The summed E-state index contributed by atoms with van der Waals surface area (Å²) in [5.41, 5.74) is 11.3. The maximum Gasteiger partial charge on any atom is 0.0713 e. The van der Waals surface area contributed by atoms with E-state index in [4.69, 9.17) is 14.2 Å². The summed E-state index contributed by atoms with van der Waals surface area (Å²) in [6.07, 6.45) is 2.26. The van der Waals surface area contributed by atoms with Gasteiger partial charge in [0.05, 0.1) is 19.8 Å². The van der Waals surface area contributed by atoms with Gasteiger partial charge in [0.15, 0.2) is 0 Å². The van der Waals surface area contributed by atoms with Crippen LogP contribution >= 0.6 is 0 Å². The fourth-order valence-corrected chi connectivity index (χ4v) is 5.05. The Labute approximate surface area is 249 Å². The number of hydrogen-bond acceptors (Lipinski definition) is 4. The highest BCUT2D eigenvalue weighted by Crippen LogP contribution is 2.35. The fraction of sp³-hybridized carbons (Fsp3) is 0.158. The van der Waals surface area contributed by atoms with Crippen LogP contribution in [0.1, 0.15) is 33.4 Å². The molecule has 0 unspecified atom stereocenters. The molecular weight excluding hydrogens is 518 g/mol. The molecular formula is C38H37NO3. The van der Waals surface area contributed by atoms with Crippen LogP contribution in [0.5, 0.6) is 0 Å². The number of benzene rings is 5. The lowest BCUT2D eigenvalue weighted by molar-refractivity contribution is 0.185. The Kier molecular flexibility index (Phi) is 9.97. The minimum absolute atomic E-state index is 0.589. The van der Waals surface area contributed by atoms with Crippen LogP contribution in [-0.4, -0.2) is 21.3 Å². The summed E-state index contributed by atoms with van der Waals surface area (Å²) in [4.78, 5) is 2.27. The third-order valence-corrected chi connectivity index (χ3v) is 7.13. The number of rotatable bonds is 12. The monoisotopic (exact) mass is 555 g/mol. The van der Waals surface area contributed by atoms with Crippen molar-refractivity contribution in [1.29, 1.82) is 0 Å². The molecule has 0 atom stereocenters. The molecule has 5 aromatic rings. The van der Waals surface area contributed by atoms with E-state index < -0.39 is 0 Å². The van der Waals surface area contributed by atoms with Crippen LogP contribution < -0.4 is 4.90 Å². The molecule has 0 radical (unpaired) electrons. The second-order valence-corrected chi connectivity index (χ2v) is 10.2. The van der Waals surface area contributed by atoms with Crippen LogP contribution in [-0.2, 0) is 34.0 Å². The van der Waals surface area contributed by atoms with Gasteiger partial charge >= 0.3 is 0 Å². The van der Waals surface area contributed by atoms with E-state index in [1.54, 1.807) is 21.3 Å². The molecule has 0 aromatic heterocycles. The van der Waals surface area contributed by atoms with E-state index in [-0.39, 0.29) is 0 Å². The minimum atomic E-state index is 0.589. The molecule has 42 heavy (non-hydrogen) atoms. The van der Waals surface area contributed by atoms with Crippen molar-refractivity contribution in [3.8, 4) is 0 Å². The van der Waals surface area contributed by atoms with Gasteiger partial charge in [0, 0.05) is 38.4 Å². The topological polar surface area (TPSA) is 30.9 Å². The normalized spacial score (nSPS) is 11.5. The minimum Gasteiger partial charge on any atom is -0.380 e. The van der Waals surface area contributed by atoms with Gasteiger partial charge in [0.1, 0.15) is 0 Å². The van der Waals surface area contributed by atoms with Gasteiger partial charge in [0.2, 0.25) is 0 Å². The molecule has 0 N–H and O–H groups in total. The summed E-state index contributed by atoms with van der Waals surface area (Å²) in [6, 6.07) is 44.9. The second kappa shape index (κ2) is 14.4. The van der Waals surface area contributed by atoms with Gasteiger partial charge < -0.3 is 19.1 Å². The number of hydrogen-bond donors (Lipinski definition) is 0. The molecule has 0 saturated carbocycles. The standard InChI is InChI=1S/C38H37NO3/c1-40-26-30-9-17-34(18-10-30)38(33-7-5-4-6-8-33)25-29-11-19-35(20-12-29)39(36-21-13-31(14-22-36)27-41-2)37-23-15-32(16-24-37)28-42-3/h4-25H,26-28H2,1-3H3. The summed E-state index contributed by atoms with van der Waals surface area (Å²) >= 11 is 0. The molecule has 0 fully saturated rings. The zero-order valence-electron chi connectivity index (χ0n) is 24.5. The molecule has 5 rings (SSSR count). The van der Waals surface area contributed by atoms with Crippen molar-refractivity contribution in [2.24, 2.45) is 0 Å². The van der Waals surface area contributed by atoms with Crippen molar-refractivity contribution in [1.82, 2.24) is 0 Å². The Bertz CT molecular complexity index is 1510. The van der Waals surface area contributed by atoms with Gasteiger partial charge in [-0.15, -0.1) is 0 Å². The molecule has 0 heterocycles. The zero-order valence-corrected chi connectivity index (χ0v) is 24.5. The molecule has 5 aromatic carbocycles. The fourth-order valence-electron chi connectivity index (χ4n) is 5.05. The molecule has 0 spiro atoms. The van der Waals surface area contributed by atoms with E-state index in [2.05, 4.69) is 138 Å². The molecule has 0 amide bonds. The molecule has 0 aliphatic heterocycles. The van der Waals surface area contributed by atoms with E-state index in [0.29, 0.717) is 19.8 Å². The number of methoxy groups -OCH3 is 3. The van der Waals surface area contributed by atoms with Crippen LogP contribution in [0.25, 0.3) is 11.6 Å². The Morgan fingerprint density at radius 3 is 1.29 bits per heavy atom. The zero-order chi connectivity index (χ0) is 29.1. The van der Waals surface area contributed by atoms with E-state index in [9.17, 15) is 0 Å². The lowest BCUT2D eigenvalue weighted by Crippen LogP contribution is -2.10. The quantitative estimate of drug-likeness (QED) is 0.144. The molecule has 4 nitrogen and oxygen atoms in total. The van der Waals surface area contributed by atoms with Crippen LogP contribution in [0.2, 0.25) is 0 Å². The first-order valence-corrected chi connectivity index (χ1v) is 14.1. The average Bonchev–Trinajstić information content (AvgIpc) is 3.04. The SMILES string of the molecule is COCc1ccc(C(=Cc2ccc(N(c3ccc(COC)cc3)c3ccc(COC)cc3)cc2)c2ccccc2)cc1. The van der Waals surface area contributed by atoms with Crippen molar-refractivity contribution in [3.05, 3.63) is 161 Å². The lowest BCUT2D eigenvalue weighted by Gasteiger charge is -2.26. The maximum atomic E-state index is 5.32. The van der Waals surface area contributed by atoms with Gasteiger partial charge in [-0.05, 0) is 81.4 Å². The summed E-state index contributed by atoms with van der Waals surface area (Å²) in [5, 5.41) is 0. The first-order chi connectivity index (χ1) is 20.7. The van der Waals surface area contributed by atoms with E-state index in [1.807, 2.05) is 0 Å². The Hall–Kier alpha value is -4.48. The van der Waals surface area contributed by atoms with Crippen LogP contribution in [0.4, 0.5) is 17.1 Å². The summed E-state index contributed by atoms with van der Waals surface area (Å²) < 4.78 is 16.0. The maximum absolute atomic E-state index is 5.32. The van der Waals surface area contributed by atoms with Crippen LogP contribution in [0, 0.1) is 0 Å². The van der Waals surface area contributed by atoms with Crippen LogP contribution in [0.3, 0.4) is 0 Å². The average molecular weight is 556 g/mol. The molecule has 0 bridgehead atoms. The summed E-state index contributed by atoms with van der Waals surface area (Å²) in [5.74, 6) is 0. The van der Waals surface area contributed by atoms with Gasteiger partial charge in [-0.2, -0.15) is 0 Å². The van der Waals surface area contributed by atoms with Crippen LogP contribution in [0.15, 0.2) is 127 Å². The van der Waals surface area contributed by atoms with E-state index in [0.717, 1.165) is 39.3 Å². The molecule has 0 aliphatic carbocycles. The van der Waals surface area contributed by atoms with Gasteiger partial charge in [-0.25, -0.2) is 0 Å². The third-order valence-electron chi connectivity index (χ3n) is 7.13. The van der Waals surface area contributed by atoms with Crippen molar-refractivity contribution < 1.29 is 14.2 Å². The lowest BCUT2D eigenvalue weighted by atomic mass is 9.95. The number of ether oxygens (including phenoxy) is 3. The highest BCUT2D eigenvalue weighted by atomic mass is 16.5. The highest BCUT2D eigenvalue weighted by Gasteiger charge is 2.13. The van der Waals surface area contributed by atoms with Crippen molar-refractivity contribution in [2.75, 3.05) is 26.2 Å². The Morgan fingerprint density at radius 2 is 0.857 bits per heavy atom. The number of nitrogens with zero attached hydrogens (tertiary/aromatic N) is 1. The first-order valence-electron chi connectivity index (χ1n) is 14.1. The predicted molar refractivity (Wildman–Crippen MR) is 173 cm³/mol. The van der Waals surface area contributed by atoms with Gasteiger partial charge in [-0.3, -0.25) is 0 Å². The highest BCUT2D eigenvalue weighted by molar-refractivity contribution is 5.91. The third kappa shape index (κ3) is 7.23. The molecule has 0 saturated heterocycles. The smallest absolute Gasteiger partial charge is 0.0713 e. The number of anilines is 3. The van der Waals surface area contributed by atoms with Crippen molar-refractivity contribution in [3.63, 3.8) is 0 Å². The van der Waals surface area contributed by atoms with Gasteiger partial charge in [0.25, 0.3) is 0 Å². The Morgan fingerprint density at radius 1 is 0.476 bits per heavy atom. The molecule has 4 heteroatoms. The first kappa shape index (κ1) is 29.0. The van der Waals surface area contributed by atoms with E-state index >= 15 is 0 Å². The van der Waals surface area contributed by atoms with Gasteiger partial charge in [-0.1, -0.05) is 91.0 Å². The van der Waals surface area contributed by atoms with E-state index in [1.165, 1.54) is 16.7 Å².